The van der Waals surface area contributed by atoms with Gasteiger partial charge in [0, 0.05) is 6.61 Å². The van der Waals surface area contributed by atoms with E-state index >= 15 is 0 Å². The normalized spacial score (nSPS) is 36.3. The monoisotopic (exact) mass is 144 g/mol. The molecule has 60 valence electrons. The lowest BCUT2D eigenvalue weighted by molar-refractivity contribution is -0.0102. The molecule has 1 rings (SSSR count). The molecule has 0 bridgehead atoms. The van der Waals surface area contributed by atoms with Gasteiger partial charge in [-0.1, -0.05) is 13.3 Å². The fraction of sp³-hybridized carbons (Fsp3) is 1.00. The van der Waals surface area contributed by atoms with E-state index in [1.165, 1.54) is 0 Å². The number of ether oxygens (including phenoxy) is 1. The molecular formula is C8H16O2. The van der Waals surface area contributed by atoms with Crippen molar-refractivity contribution in [3.05, 3.63) is 0 Å². The zero-order chi connectivity index (χ0) is 7.56. The summed E-state index contributed by atoms with van der Waals surface area (Å²) >= 11 is 0. The summed E-state index contributed by atoms with van der Waals surface area (Å²) in [5.74, 6) is 0.583. The number of rotatable bonds is 2. The molecule has 0 aromatic heterocycles. The first-order valence-electron chi connectivity index (χ1n) is 4.05. The van der Waals surface area contributed by atoms with Gasteiger partial charge in [0.1, 0.15) is 0 Å². The van der Waals surface area contributed by atoms with Crippen LogP contribution in [0.4, 0.5) is 0 Å². The van der Waals surface area contributed by atoms with E-state index in [1.807, 2.05) is 0 Å². The van der Waals surface area contributed by atoms with Gasteiger partial charge in [-0.25, -0.2) is 0 Å². The van der Waals surface area contributed by atoms with Crippen LogP contribution in [-0.2, 0) is 4.74 Å². The minimum Gasteiger partial charge on any atom is -0.391 e. The van der Waals surface area contributed by atoms with Gasteiger partial charge in [0.05, 0.1) is 12.2 Å². The molecule has 2 heteroatoms. The summed E-state index contributed by atoms with van der Waals surface area (Å²) < 4.78 is 5.37. The highest BCUT2D eigenvalue weighted by Crippen LogP contribution is 2.25. The minimum atomic E-state index is -0.299. The highest BCUT2D eigenvalue weighted by molar-refractivity contribution is 4.78. The average Bonchev–Trinajstić information content (AvgIpc) is 2.33. The van der Waals surface area contributed by atoms with Crippen LogP contribution in [0.15, 0.2) is 0 Å². The maximum absolute atomic E-state index is 9.23. The van der Waals surface area contributed by atoms with Crippen LogP contribution in [0.2, 0.25) is 0 Å². The minimum absolute atomic E-state index is 0.102. The SMILES string of the molecule is CCC1CCO[C@@H]1[C@H](C)O. The van der Waals surface area contributed by atoms with Gasteiger partial charge >= 0.3 is 0 Å². The number of hydrogen-bond donors (Lipinski definition) is 1. The highest BCUT2D eigenvalue weighted by atomic mass is 16.5. The van der Waals surface area contributed by atoms with E-state index in [0.29, 0.717) is 5.92 Å². The summed E-state index contributed by atoms with van der Waals surface area (Å²) in [6.45, 7) is 4.78. The molecule has 2 nitrogen and oxygen atoms in total. The summed E-state index contributed by atoms with van der Waals surface area (Å²) in [6.07, 6.45) is 2.04. The third kappa shape index (κ3) is 1.50. The zero-order valence-corrected chi connectivity index (χ0v) is 6.71. The quantitative estimate of drug-likeness (QED) is 0.630. The summed E-state index contributed by atoms with van der Waals surface area (Å²) in [7, 11) is 0. The molecule has 1 saturated heterocycles. The van der Waals surface area contributed by atoms with Gasteiger partial charge in [0.25, 0.3) is 0 Å². The van der Waals surface area contributed by atoms with Crippen LogP contribution >= 0.6 is 0 Å². The van der Waals surface area contributed by atoms with E-state index in [-0.39, 0.29) is 12.2 Å². The van der Waals surface area contributed by atoms with Gasteiger partial charge in [-0.2, -0.15) is 0 Å². The Morgan fingerprint density at radius 3 is 2.80 bits per heavy atom. The first kappa shape index (κ1) is 8.02. The molecule has 0 amide bonds. The van der Waals surface area contributed by atoms with Crippen molar-refractivity contribution in [3.63, 3.8) is 0 Å². The standard InChI is InChI=1S/C8H16O2/c1-3-7-4-5-10-8(7)6(2)9/h6-9H,3-5H2,1-2H3/t6-,7?,8+/m0/s1. The second-order valence-corrected chi connectivity index (χ2v) is 3.03. The third-order valence-corrected chi connectivity index (χ3v) is 2.26. The molecule has 0 spiro atoms. The van der Waals surface area contributed by atoms with Gasteiger partial charge in [0.15, 0.2) is 0 Å². The summed E-state index contributed by atoms with van der Waals surface area (Å²) in [6, 6.07) is 0. The van der Waals surface area contributed by atoms with Crippen LogP contribution in [0.5, 0.6) is 0 Å². The predicted octanol–water partition coefficient (Wildman–Crippen LogP) is 1.18. The van der Waals surface area contributed by atoms with Gasteiger partial charge in [0.2, 0.25) is 0 Å². The van der Waals surface area contributed by atoms with Crippen LogP contribution < -0.4 is 0 Å². The molecule has 1 fully saturated rings. The molecule has 1 aliphatic rings. The van der Waals surface area contributed by atoms with Crippen molar-refractivity contribution in [1.82, 2.24) is 0 Å². The van der Waals surface area contributed by atoms with Gasteiger partial charge in [-0.05, 0) is 19.3 Å². The maximum atomic E-state index is 9.23. The molecule has 10 heavy (non-hydrogen) atoms. The lowest BCUT2D eigenvalue weighted by Crippen LogP contribution is -2.28. The zero-order valence-electron chi connectivity index (χ0n) is 6.71. The number of aliphatic hydroxyl groups is 1. The molecule has 1 aliphatic heterocycles. The Hall–Kier alpha value is -0.0800. The molecule has 0 radical (unpaired) electrons. The molecule has 3 atom stereocenters. The van der Waals surface area contributed by atoms with E-state index in [2.05, 4.69) is 6.92 Å². The summed E-state index contributed by atoms with van der Waals surface area (Å²) in [5.41, 5.74) is 0. The maximum Gasteiger partial charge on any atom is 0.0859 e. The Balaban J connectivity index is 2.42. The van der Waals surface area contributed by atoms with Gasteiger partial charge in [-0.15, -0.1) is 0 Å². The lowest BCUT2D eigenvalue weighted by Gasteiger charge is -2.19. The average molecular weight is 144 g/mol. The Morgan fingerprint density at radius 2 is 2.40 bits per heavy atom. The Kier molecular flexibility index (Phi) is 2.69. The van der Waals surface area contributed by atoms with Crippen molar-refractivity contribution in [1.29, 1.82) is 0 Å². The second kappa shape index (κ2) is 3.35. The Bertz CT molecular complexity index is 101. The first-order chi connectivity index (χ1) is 4.75. The van der Waals surface area contributed by atoms with E-state index in [9.17, 15) is 5.11 Å². The van der Waals surface area contributed by atoms with Crippen molar-refractivity contribution in [3.8, 4) is 0 Å². The van der Waals surface area contributed by atoms with Gasteiger partial charge in [-0.3, -0.25) is 0 Å². The van der Waals surface area contributed by atoms with Crippen molar-refractivity contribution >= 4 is 0 Å². The largest absolute Gasteiger partial charge is 0.391 e. The van der Waals surface area contributed by atoms with Crippen molar-refractivity contribution in [2.24, 2.45) is 5.92 Å². The molecule has 1 N–H and O–H groups in total. The van der Waals surface area contributed by atoms with Crippen LogP contribution in [0, 0.1) is 5.92 Å². The molecule has 0 aromatic rings. The van der Waals surface area contributed by atoms with E-state index in [4.69, 9.17) is 4.74 Å². The molecule has 0 aliphatic carbocycles. The fourth-order valence-electron chi connectivity index (χ4n) is 1.63. The van der Waals surface area contributed by atoms with Crippen LogP contribution in [0.3, 0.4) is 0 Å². The molecule has 0 aromatic carbocycles. The topological polar surface area (TPSA) is 29.5 Å². The van der Waals surface area contributed by atoms with Crippen LogP contribution in [-0.4, -0.2) is 23.9 Å². The summed E-state index contributed by atoms with van der Waals surface area (Å²) in [4.78, 5) is 0. The molecular weight excluding hydrogens is 128 g/mol. The van der Waals surface area contributed by atoms with Crippen LogP contribution in [0.25, 0.3) is 0 Å². The second-order valence-electron chi connectivity index (χ2n) is 3.03. The Labute approximate surface area is 62.2 Å². The van der Waals surface area contributed by atoms with E-state index < -0.39 is 0 Å². The smallest absolute Gasteiger partial charge is 0.0859 e. The first-order valence-corrected chi connectivity index (χ1v) is 4.05. The van der Waals surface area contributed by atoms with Gasteiger partial charge < -0.3 is 9.84 Å². The number of aliphatic hydroxyl groups excluding tert-OH is 1. The van der Waals surface area contributed by atoms with Crippen LogP contribution in [0.1, 0.15) is 26.7 Å². The van der Waals surface area contributed by atoms with Crippen molar-refractivity contribution < 1.29 is 9.84 Å². The molecule has 0 saturated carbocycles. The Morgan fingerprint density at radius 1 is 1.70 bits per heavy atom. The fourth-order valence-corrected chi connectivity index (χ4v) is 1.63. The van der Waals surface area contributed by atoms with Crippen molar-refractivity contribution in [2.75, 3.05) is 6.61 Å². The number of hydrogen-bond acceptors (Lipinski definition) is 2. The highest BCUT2D eigenvalue weighted by Gasteiger charge is 2.29. The molecule has 1 unspecified atom stereocenters. The molecule has 1 heterocycles. The lowest BCUT2D eigenvalue weighted by atomic mass is 9.96. The van der Waals surface area contributed by atoms with Crippen molar-refractivity contribution in [2.45, 2.75) is 38.9 Å². The van der Waals surface area contributed by atoms with E-state index in [1.54, 1.807) is 6.92 Å². The van der Waals surface area contributed by atoms with E-state index in [0.717, 1.165) is 19.4 Å². The summed E-state index contributed by atoms with van der Waals surface area (Å²) in [5, 5.41) is 9.23. The third-order valence-electron chi connectivity index (χ3n) is 2.26. The predicted molar refractivity (Wildman–Crippen MR) is 39.8 cm³/mol.